The number of nitrogens with zero attached hydrogens (tertiary/aromatic N) is 3. The Morgan fingerprint density at radius 1 is 1.06 bits per heavy atom. The number of rotatable bonds is 16. The SMILES string of the molecule is Cc1c(COc2cc(OCc3cncc(C#N)c3)c(CN[C@H](CO)C(=O)O)cc2Cl)cccc1-c1cccc(OCCC(=O)N2CC[C@@H](O)C2)c1. The normalized spacial score (nSPS) is 14.5. The monoisotopic (exact) mass is 714 g/mol. The number of nitrogens with one attached hydrogen (secondary N) is 1. The number of amides is 1. The van der Waals surface area contributed by atoms with Crippen molar-refractivity contribution in [1.29, 1.82) is 5.26 Å². The Labute approximate surface area is 300 Å². The summed E-state index contributed by atoms with van der Waals surface area (Å²) in [6.07, 6.45) is 3.41. The van der Waals surface area contributed by atoms with Gasteiger partial charge in [0.2, 0.25) is 5.91 Å². The van der Waals surface area contributed by atoms with Crippen molar-refractivity contribution < 1.29 is 39.1 Å². The van der Waals surface area contributed by atoms with E-state index in [1.165, 1.54) is 6.20 Å². The molecule has 0 unspecified atom stereocenters. The second-order valence-electron chi connectivity index (χ2n) is 12.1. The number of halogens is 1. The van der Waals surface area contributed by atoms with Crippen molar-refractivity contribution >= 4 is 23.5 Å². The first kappa shape index (κ1) is 37.1. The molecule has 1 aliphatic heterocycles. The number of likely N-dealkylation sites (tertiary alicyclic amines) is 1. The number of benzene rings is 3. The van der Waals surface area contributed by atoms with Crippen LogP contribution in [0.4, 0.5) is 0 Å². The van der Waals surface area contributed by atoms with Gasteiger partial charge < -0.3 is 34.4 Å². The number of carbonyl (C=O) groups excluding carboxylic acids is 1. The quantitative estimate of drug-likeness (QED) is 0.127. The van der Waals surface area contributed by atoms with E-state index >= 15 is 0 Å². The average molecular weight is 715 g/mol. The fourth-order valence-corrected chi connectivity index (χ4v) is 5.90. The molecule has 5 rings (SSSR count). The molecule has 13 heteroatoms. The predicted octanol–water partition coefficient (Wildman–Crippen LogP) is 4.64. The summed E-state index contributed by atoms with van der Waals surface area (Å²) in [6, 6.07) is 19.3. The molecule has 1 aromatic heterocycles. The van der Waals surface area contributed by atoms with Crippen molar-refractivity contribution in [2.24, 2.45) is 0 Å². The van der Waals surface area contributed by atoms with Gasteiger partial charge in [0.15, 0.2) is 0 Å². The first-order valence-electron chi connectivity index (χ1n) is 16.4. The molecule has 12 nitrogen and oxygen atoms in total. The van der Waals surface area contributed by atoms with E-state index in [4.69, 9.17) is 25.8 Å². The molecule has 0 spiro atoms. The highest BCUT2D eigenvalue weighted by atomic mass is 35.5. The highest BCUT2D eigenvalue weighted by Crippen LogP contribution is 2.35. The summed E-state index contributed by atoms with van der Waals surface area (Å²) in [7, 11) is 0. The van der Waals surface area contributed by atoms with E-state index in [0.717, 1.165) is 22.3 Å². The van der Waals surface area contributed by atoms with Gasteiger partial charge in [0.25, 0.3) is 0 Å². The second-order valence-corrected chi connectivity index (χ2v) is 12.5. The van der Waals surface area contributed by atoms with E-state index in [1.807, 2.05) is 55.5 Å². The third-order valence-corrected chi connectivity index (χ3v) is 8.82. The second kappa shape index (κ2) is 17.6. The lowest BCUT2D eigenvalue weighted by Gasteiger charge is -2.18. The maximum absolute atomic E-state index is 12.4. The van der Waals surface area contributed by atoms with Crippen LogP contribution in [-0.2, 0) is 29.3 Å². The molecule has 1 fully saturated rings. The maximum atomic E-state index is 12.4. The molecule has 1 saturated heterocycles. The molecule has 1 amide bonds. The summed E-state index contributed by atoms with van der Waals surface area (Å²) >= 11 is 6.66. The number of nitriles is 1. The Morgan fingerprint density at radius 2 is 1.86 bits per heavy atom. The number of aromatic nitrogens is 1. The van der Waals surface area contributed by atoms with Crippen LogP contribution < -0.4 is 19.5 Å². The Balaban J connectivity index is 1.29. The largest absolute Gasteiger partial charge is 0.493 e. The molecule has 0 aliphatic carbocycles. The minimum atomic E-state index is -1.20. The molecule has 0 bridgehead atoms. The van der Waals surface area contributed by atoms with E-state index in [0.29, 0.717) is 53.4 Å². The zero-order valence-electron chi connectivity index (χ0n) is 28.0. The number of carboxylic acids is 1. The lowest BCUT2D eigenvalue weighted by molar-refractivity contribution is -0.140. The number of aliphatic carboxylic acids is 1. The third kappa shape index (κ3) is 9.96. The number of pyridine rings is 1. The molecule has 2 atom stereocenters. The van der Waals surface area contributed by atoms with Crippen molar-refractivity contribution in [2.75, 3.05) is 26.3 Å². The van der Waals surface area contributed by atoms with Crippen LogP contribution in [0.25, 0.3) is 11.1 Å². The number of aliphatic hydroxyl groups is 2. The number of hydrogen-bond acceptors (Lipinski definition) is 10. The van der Waals surface area contributed by atoms with Gasteiger partial charge in [0, 0.05) is 49.2 Å². The van der Waals surface area contributed by atoms with Crippen LogP contribution in [0, 0.1) is 18.3 Å². The van der Waals surface area contributed by atoms with Crippen molar-refractivity contribution in [3.05, 3.63) is 106 Å². The van der Waals surface area contributed by atoms with E-state index < -0.39 is 24.7 Å². The summed E-state index contributed by atoms with van der Waals surface area (Å²) in [4.78, 5) is 29.6. The number of β-amino-alcohol motifs (C(OH)–C–C–N with tert-alkyl or cyclic N) is 1. The molecule has 51 heavy (non-hydrogen) atoms. The van der Waals surface area contributed by atoms with Crippen LogP contribution in [-0.4, -0.2) is 75.5 Å². The van der Waals surface area contributed by atoms with Crippen LogP contribution in [0.3, 0.4) is 0 Å². The number of ether oxygens (including phenoxy) is 3. The maximum Gasteiger partial charge on any atom is 0.323 e. The van der Waals surface area contributed by atoms with Gasteiger partial charge in [-0.05, 0) is 59.9 Å². The molecule has 3 aromatic carbocycles. The van der Waals surface area contributed by atoms with Crippen LogP contribution in [0.5, 0.6) is 17.2 Å². The number of carbonyl (C=O) groups is 2. The van der Waals surface area contributed by atoms with Crippen molar-refractivity contribution in [3.63, 3.8) is 0 Å². The van der Waals surface area contributed by atoms with E-state index in [9.17, 15) is 30.2 Å². The van der Waals surface area contributed by atoms with Gasteiger partial charge >= 0.3 is 5.97 Å². The highest BCUT2D eigenvalue weighted by Gasteiger charge is 2.24. The van der Waals surface area contributed by atoms with Crippen LogP contribution in [0.15, 0.2) is 73.1 Å². The smallest absolute Gasteiger partial charge is 0.323 e. The first-order chi connectivity index (χ1) is 24.6. The average Bonchev–Trinajstić information content (AvgIpc) is 3.57. The van der Waals surface area contributed by atoms with Gasteiger partial charge in [-0.2, -0.15) is 5.26 Å². The lowest BCUT2D eigenvalue weighted by atomic mass is 9.96. The first-order valence-corrected chi connectivity index (χ1v) is 16.8. The van der Waals surface area contributed by atoms with Crippen molar-refractivity contribution in [1.82, 2.24) is 15.2 Å². The third-order valence-electron chi connectivity index (χ3n) is 8.53. The van der Waals surface area contributed by atoms with Gasteiger partial charge in [0.05, 0.1) is 36.3 Å². The van der Waals surface area contributed by atoms with Crippen molar-refractivity contribution in [3.8, 4) is 34.4 Å². The zero-order chi connectivity index (χ0) is 36.3. The molecule has 4 aromatic rings. The molecular formula is C38H39ClN4O8. The van der Waals surface area contributed by atoms with E-state index in [1.54, 1.807) is 29.3 Å². The Hall–Kier alpha value is -5.19. The van der Waals surface area contributed by atoms with Crippen LogP contribution >= 0.6 is 11.6 Å². The molecule has 266 valence electrons. The van der Waals surface area contributed by atoms with Crippen molar-refractivity contribution in [2.45, 2.75) is 51.7 Å². The van der Waals surface area contributed by atoms with Gasteiger partial charge in [-0.15, -0.1) is 0 Å². The Bertz CT molecular complexity index is 1900. The van der Waals surface area contributed by atoms with Gasteiger partial charge in [-0.3, -0.25) is 19.9 Å². The molecule has 1 aliphatic rings. The fourth-order valence-electron chi connectivity index (χ4n) is 5.66. The predicted molar refractivity (Wildman–Crippen MR) is 188 cm³/mol. The number of aliphatic hydroxyl groups excluding tert-OH is 2. The van der Waals surface area contributed by atoms with Gasteiger partial charge in [0.1, 0.15) is 42.6 Å². The summed E-state index contributed by atoms with van der Waals surface area (Å²) in [5.41, 5.74) is 5.38. The van der Waals surface area contributed by atoms with E-state index in [-0.39, 0.29) is 43.7 Å². The molecular weight excluding hydrogens is 676 g/mol. The lowest BCUT2D eigenvalue weighted by Crippen LogP contribution is -2.39. The fraction of sp³-hybridized carbons (Fsp3) is 0.316. The minimum Gasteiger partial charge on any atom is -0.493 e. The minimum absolute atomic E-state index is 0.0339. The van der Waals surface area contributed by atoms with Crippen LogP contribution in [0.1, 0.15) is 40.7 Å². The Morgan fingerprint density at radius 3 is 2.61 bits per heavy atom. The van der Waals surface area contributed by atoms with E-state index in [2.05, 4.69) is 10.3 Å². The molecule has 0 radical (unpaired) electrons. The number of hydrogen-bond donors (Lipinski definition) is 4. The molecule has 4 N–H and O–H groups in total. The Kier molecular flexibility index (Phi) is 12.8. The zero-order valence-corrected chi connectivity index (χ0v) is 28.8. The van der Waals surface area contributed by atoms with Crippen LogP contribution in [0.2, 0.25) is 5.02 Å². The topological polar surface area (TPSA) is 174 Å². The molecule has 0 saturated carbocycles. The summed E-state index contributed by atoms with van der Waals surface area (Å²) in [5, 5.41) is 40.8. The van der Waals surface area contributed by atoms with Gasteiger partial charge in [-0.1, -0.05) is 41.9 Å². The summed E-state index contributed by atoms with van der Waals surface area (Å²) < 4.78 is 18.2. The highest BCUT2D eigenvalue weighted by molar-refractivity contribution is 6.32. The standard InChI is InChI=1S/C38H39ClN4O8/c1-24-28(5-3-7-32(24)27-4-2-6-31(13-27)49-11-9-37(46)43-10-8-30(45)20-43)23-51-36-15-35(50-22-26-12-25(16-40)17-41-18-26)29(14-33(36)39)19-42-34(21-44)38(47)48/h2-7,12-15,17-18,30,34,42,44-45H,8-11,19-23H2,1H3,(H,47,48)/t30-,34-/m1/s1. The molecule has 2 heterocycles. The summed E-state index contributed by atoms with van der Waals surface area (Å²) in [5.74, 6) is 0.115. The summed E-state index contributed by atoms with van der Waals surface area (Å²) in [6.45, 7) is 2.85. The van der Waals surface area contributed by atoms with Gasteiger partial charge in [-0.25, -0.2) is 0 Å². The number of carboxylic acid groups (broad SMARTS) is 1.